The van der Waals surface area contributed by atoms with E-state index >= 15 is 0 Å². The van der Waals surface area contributed by atoms with Crippen molar-refractivity contribution < 1.29 is 4.79 Å². The molecule has 150 valence electrons. The lowest BCUT2D eigenvalue weighted by molar-refractivity contribution is -0.122. The molecule has 0 aliphatic carbocycles. The van der Waals surface area contributed by atoms with E-state index in [-0.39, 0.29) is 11.8 Å². The molecule has 0 bridgehead atoms. The van der Waals surface area contributed by atoms with Crippen LogP contribution in [0.15, 0.2) is 42.5 Å². The zero-order chi connectivity index (χ0) is 20.5. The number of amides is 1. The molecule has 0 saturated carbocycles. The summed E-state index contributed by atoms with van der Waals surface area (Å²) in [7, 11) is 0. The first kappa shape index (κ1) is 19.2. The van der Waals surface area contributed by atoms with Gasteiger partial charge in [0, 0.05) is 41.2 Å². The Bertz CT molecular complexity index is 1060. The molecule has 0 radical (unpaired) electrons. The van der Waals surface area contributed by atoms with Gasteiger partial charge in [-0.05, 0) is 75.6 Å². The van der Waals surface area contributed by atoms with E-state index in [0.717, 1.165) is 53.0 Å². The van der Waals surface area contributed by atoms with Gasteiger partial charge in [-0.25, -0.2) is 0 Å². The molecule has 0 unspecified atom stereocenters. The first-order chi connectivity index (χ1) is 13.9. The smallest absolute Gasteiger partial charge is 0.222 e. The highest BCUT2D eigenvalue weighted by molar-refractivity contribution is 5.95. The van der Waals surface area contributed by atoms with Crippen LogP contribution in [0.5, 0.6) is 0 Å². The van der Waals surface area contributed by atoms with Gasteiger partial charge in [0.05, 0.1) is 11.4 Å². The zero-order valence-electron chi connectivity index (χ0n) is 17.3. The number of carbonyl (C=O) groups is 1. The summed E-state index contributed by atoms with van der Waals surface area (Å²) in [5.41, 5.74) is 13.2. The maximum Gasteiger partial charge on any atom is 0.222 e. The molecule has 0 spiro atoms. The molecule has 5 nitrogen and oxygen atoms in total. The molecule has 3 aromatic rings. The summed E-state index contributed by atoms with van der Waals surface area (Å²) in [4.78, 5) is 18.5. The number of piperidine rings is 1. The van der Waals surface area contributed by atoms with Crippen LogP contribution in [0.1, 0.15) is 29.7 Å². The van der Waals surface area contributed by atoms with Crippen molar-refractivity contribution in [2.75, 3.05) is 23.3 Å². The molecule has 2 aromatic carbocycles. The van der Waals surface area contributed by atoms with Crippen molar-refractivity contribution in [3.05, 3.63) is 59.3 Å². The van der Waals surface area contributed by atoms with E-state index in [1.54, 1.807) is 0 Å². The second-order valence-electron chi connectivity index (χ2n) is 8.15. The molecule has 1 saturated heterocycles. The van der Waals surface area contributed by atoms with Gasteiger partial charge in [0.15, 0.2) is 0 Å². The predicted molar refractivity (Wildman–Crippen MR) is 120 cm³/mol. The van der Waals surface area contributed by atoms with E-state index in [0.29, 0.717) is 6.54 Å². The highest BCUT2D eigenvalue weighted by Gasteiger charge is 2.24. The molecule has 1 atom stereocenters. The largest absolute Gasteiger partial charge is 0.371 e. The van der Waals surface area contributed by atoms with Gasteiger partial charge in [0.1, 0.15) is 0 Å². The van der Waals surface area contributed by atoms with Crippen LogP contribution < -0.4 is 16.0 Å². The number of carbonyl (C=O) groups excluding carboxylic acids is 1. The number of pyridine rings is 1. The Labute approximate surface area is 171 Å². The lowest BCUT2D eigenvalue weighted by atomic mass is 9.97. The SMILES string of the molecule is Cc1cc(C)c2nc(C)cc(Nc3ccc(N4CCC[C@H](C(N)=O)C4)cc3)c2c1. The first-order valence-corrected chi connectivity index (χ1v) is 10.2. The van der Waals surface area contributed by atoms with Crippen molar-refractivity contribution in [3.8, 4) is 0 Å². The molecule has 1 aliphatic rings. The van der Waals surface area contributed by atoms with Crippen molar-refractivity contribution in [2.24, 2.45) is 11.7 Å². The monoisotopic (exact) mass is 388 g/mol. The van der Waals surface area contributed by atoms with E-state index in [4.69, 9.17) is 10.7 Å². The molecule has 1 fully saturated rings. The van der Waals surface area contributed by atoms with E-state index in [2.05, 4.69) is 66.5 Å². The Morgan fingerprint density at radius 1 is 1.14 bits per heavy atom. The van der Waals surface area contributed by atoms with E-state index in [1.807, 2.05) is 6.92 Å². The Balaban J connectivity index is 1.59. The maximum absolute atomic E-state index is 11.6. The van der Waals surface area contributed by atoms with Crippen molar-refractivity contribution in [2.45, 2.75) is 33.6 Å². The maximum atomic E-state index is 11.6. The minimum atomic E-state index is -0.196. The number of anilines is 3. The number of aryl methyl sites for hydroxylation is 3. The van der Waals surface area contributed by atoms with E-state index in [9.17, 15) is 4.79 Å². The van der Waals surface area contributed by atoms with Crippen LogP contribution in [0, 0.1) is 26.7 Å². The van der Waals surface area contributed by atoms with Gasteiger partial charge in [-0.3, -0.25) is 9.78 Å². The number of nitrogens with two attached hydrogens (primary N) is 1. The van der Waals surface area contributed by atoms with Gasteiger partial charge in [0.2, 0.25) is 5.91 Å². The van der Waals surface area contributed by atoms with Crippen LogP contribution in [-0.2, 0) is 4.79 Å². The highest BCUT2D eigenvalue weighted by Crippen LogP contribution is 2.31. The summed E-state index contributed by atoms with van der Waals surface area (Å²) in [5, 5.41) is 4.70. The van der Waals surface area contributed by atoms with Gasteiger partial charge in [-0.1, -0.05) is 11.6 Å². The van der Waals surface area contributed by atoms with Crippen molar-refractivity contribution in [3.63, 3.8) is 0 Å². The molecular formula is C24H28N4O. The summed E-state index contributed by atoms with van der Waals surface area (Å²) in [5.74, 6) is -0.252. The summed E-state index contributed by atoms with van der Waals surface area (Å²) in [6.45, 7) is 7.91. The topological polar surface area (TPSA) is 71.2 Å². The second kappa shape index (κ2) is 7.74. The Morgan fingerprint density at radius 3 is 2.62 bits per heavy atom. The summed E-state index contributed by atoms with van der Waals surface area (Å²) < 4.78 is 0. The van der Waals surface area contributed by atoms with Gasteiger partial charge < -0.3 is 16.0 Å². The van der Waals surface area contributed by atoms with Crippen LogP contribution in [-0.4, -0.2) is 24.0 Å². The Kier molecular flexibility index (Phi) is 5.14. The average molecular weight is 389 g/mol. The molecule has 4 rings (SSSR count). The second-order valence-corrected chi connectivity index (χ2v) is 8.15. The molecule has 1 amide bonds. The number of primary amides is 1. The van der Waals surface area contributed by atoms with Crippen molar-refractivity contribution in [1.82, 2.24) is 4.98 Å². The molecule has 1 aliphatic heterocycles. The molecule has 2 heterocycles. The Hall–Kier alpha value is -3.08. The predicted octanol–water partition coefficient (Wildman–Crippen LogP) is 4.61. The third kappa shape index (κ3) is 4.04. The molecule has 3 N–H and O–H groups in total. The summed E-state index contributed by atoms with van der Waals surface area (Å²) in [6.07, 6.45) is 1.88. The quantitative estimate of drug-likeness (QED) is 0.685. The van der Waals surface area contributed by atoms with Crippen LogP contribution in [0.3, 0.4) is 0 Å². The Morgan fingerprint density at radius 2 is 1.90 bits per heavy atom. The lowest BCUT2D eigenvalue weighted by Gasteiger charge is -2.33. The fraction of sp³-hybridized carbons (Fsp3) is 0.333. The standard InChI is InChI=1S/C24H28N4O/c1-15-11-16(2)23-21(12-15)22(13-17(3)26-23)27-19-6-8-20(9-7-19)28-10-4-5-18(14-28)24(25)29/h6-9,11-13,18H,4-5,10,14H2,1-3H3,(H2,25,29)(H,26,27)/t18-/m0/s1. The van der Waals surface area contributed by atoms with Crippen molar-refractivity contribution >= 4 is 33.9 Å². The number of hydrogen-bond donors (Lipinski definition) is 2. The number of benzene rings is 2. The van der Waals surface area contributed by atoms with Crippen molar-refractivity contribution in [1.29, 1.82) is 0 Å². The van der Waals surface area contributed by atoms with Gasteiger partial charge in [-0.15, -0.1) is 0 Å². The van der Waals surface area contributed by atoms with Crippen LogP contribution >= 0.6 is 0 Å². The third-order valence-electron chi connectivity index (χ3n) is 5.71. The third-order valence-corrected chi connectivity index (χ3v) is 5.71. The summed E-state index contributed by atoms with van der Waals surface area (Å²) in [6, 6.07) is 14.9. The van der Waals surface area contributed by atoms with Crippen LogP contribution in [0.4, 0.5) is 17.1 Å². The van der Waals surface area contributed by atoms with Crippen LogP contribution in [0.2, 0.25) is 0 Å². The molecule has 29 heavy (non-hydrogen) atoms. The van der Waals surface area contributed by atoms with Gasteiger partial charge >= 0.3 is 0 Å². The fourth-order valence-corrected chi connectivity index (χ4v) is 4.27. The fourth-order valence-electron chi connectivity index (χ4n) is 4.27. The van der Waals surface area contributed by atoms with Gasteiger partial charge in [0.25, 0.3) is 0 Å². The van der Waals surface area contributed by atoms with Crippen LogP contribution in [0.25, 0.3) is 10.9 Å². The number of hydrogen-bond acceptors (Lipinski definition) is 4. The van der Waals surface area contributed by atoms with Gasteiger partial charge in [-0.2, -0.15) is 0 Å². The van der Waals surface area contributed by atoms with E-state index in [1.165, 1.54) is 11.1 Å². The number of aromatic nitrogens is 1. The lowest BCUT2D eigenvalue weighted by Crippen LogP contribution is -2.41. The minimum Gasteiger partial charge on any atom is -0.371 e. The molecule has 1 aromatic heterocycles. The zero-order valence-corrected chi connectivity index (χ0v) is 17.3. The minimum absolute atomic E-state index is 0.0563. The number of nitrogens with zero attached hydrogens (tertiary/aromatic N) is 2. The first-order valence-electron chi connectivity index (χ1n) is 10.2. The number of fused-ring (bicyclic) bond motifs is 1. The number of nitrogens with one attached hydrogen (secondary N) is 1. The molecular weight excluding hydrogens is 360 g/mol. The average Bonchev–Trinajstić information content (AvgIpc) is 2.69. The molecule has 5 heteroatoms. The van der Waals surface area contributed by atoms with E-state index < -0.39 is 0 Å². The highest BCUT2D eigenvalue weighted by atomic mass is 16.1. The normalized spacial score (nSPS) is 16.8. The summed E-state index contributed by atoms with van der Waals surface area (Å²) >= 11 is 0. The number of rotatable bonds is 4.